The maximum absolute atomic E-state index is 12.5. The first-order valence-corrected chi connectivity index (χ1v) is 10.8. The van der Waals surface area contributed by atoms with Crippen LogP contribution < -0.4 is 5.32 Å². The third-order valence-corrected chi connectivity index (χ3v) is 6.08. The summed E-state index contributed by atoms with van der Waals surface area (Å²) < 4.78 is 6.19. The number of amides is 2. The van der Waals surface area contributed by atoms with Gasteiger partial charge in [-0.1, -0.05) is 35.3 Å². The Morgan fingerprint density at radius 3 is 2.61 bits per heavy atom. The number of carbonyl (C=O) groups excluding carboxylic acids is 3. The lowest BCUT2D eigenvalue weighted by Gasteiger charge is -2.20. The Kier molecular flexibility index (Phi) is 7.48. The Morgan fingerprint density at radius 1 is 1.16 bits per heavy atom. The number of ether oxygens (including phenoxy) is 1. The van der Waals surface area contributed by atoms with Crippen LogP contribution in [0.2, 0.25) is 10.0 Å². The molecule has 31 heavy (non-hydrogen) atoms. The molecule has 2 aromatic carbocycles. The molecule has 162 valence electrons. The zero-order valence-electron chi connectivity index (χ0n) is 16.7. The van der Waals surface area contributed by atoms with Crippen LogP contribution in [-0.4, -0.2) is 47.4 Å². The van der Waals surface area contributed by atoms with E-state index in [9.17, 15) is 14.4 Å². The fourth-order valence-corrected chi connectivity index (χ4v) is 4.08. The molecule has 10 heteroatoms. The van der Waals surface area contributed by atoms with E-state index in [1.54, 1.807) is 7.05 Å². The topological polar surface area (TPSA) is 88.6 Å². The quantitative estimate of drug-likeness (QED) is 0.518. The lowest BCUT2D eigenvalue weighted by molar-refractivity contribution is -0.157. The van der Waals surface area contributed by atoms with Crippen molar-refractivity contribution in [3.05, 3.63) is 63.1 Å². The molecule has 3 rings (SSSR count). The highest BCUT2D eigenvalue weighted by Crippen LogP contribution is 2.23. The number of carbonyl (C=O) groups is 3. The predicted molar refractivity (Wildman–Crippen MR) is 120 cm³/mol. The number of halogens is 2. The monoisotopic (exact) mass is 479 g/mol. The molecule has 1 aromatic heterocycles. The molecule has 0 saturated carbocycles. The van der Waals surface area contributed by atoms with Gasteiger partial charge in [0.15, 0.2) is 6.10 Å². The maximum Gasteiger partial charge on any atom is 0.326 e. The van der Waals surface area contributed by atoms with E-state index < -0.39 is 24.5 Å². The molecular weight excluding hydrogens is 461 g/mol. The van der Waals surface area contributed by atoms with E-state index in [0.717, 1.165) is 15.2 Å². The lowest BCUT2D eigenvalue weighted by Crippen LogP contribution is -2.39. The van der Waals surface area contributed by atoms with Gasteiger partial charge in [-0.2, -0.15) is 0 Å². The van der Waals surface area contributed by atoms with Crippen molar-refractivity contribution in [1.29, 1.82) is 0 Å². The SMILES string of the molecule is CC(OC(=O)CNC(=O)c1ccc(Cl)c(Cl)c1)C(=O)N(C)Cc1nc2ccccc2s1. The molecule has 0 bridgehead atoms. The molecule has 1 atom stereocenters. The van der Waals surface area contributed by atoms with Gasteiger partial charge >= 0.3 is 5.97 Å². The molecule has 0 aliphatic carbocycles. The second-order valence-electron chi connectivity index (χ2n) is 6.71. The number of likely N-dealkylation sites (N-methyl/N-ethyl adjacent to an activating group) is 1. The number of thiazole rings is 1. The number of para-hydroxylation sites is 1. The third-order valence-electron chi connectivity index (χ3n) is 4.32. The fourth-order valence-electron chi connectivity index (χ4n) is 2.76. The molecule has 2 amide bonds. The Balaban J connectivity index is 1.49. The van der Waals surface area contributed by atoms with Crippen LogP contribution in [0.15, 0.2) is 42.5 Å². The van der Waals surface area contributed by atoms with E-state index in [1.807, 2.05) is 24.3 Å². The molecule has 0 aliphatic rings. The van der Waals surface area contributed by atoms with E-state index in [-0.39, 0.29) is 16.5 Å². The van der Waals surface area contributed by atoms with Gasteiger partial charge in [-0.3, -0.25) is 14.4 Å². The number of nitrogens with zero attached hydrogens (tertiary/aromatic N) is 2. The highest BCUT2D eigenvalue weighted by Gasteiger charge is 2.23. The number of esters is 1. The molecule has 1 unspecified atom stereocenters. The maximum atomic E-state index is 12.5. The summed E-state index contributed by atoms with van der Waals surface area (Å²) in [5.41, 5.74) is 1.13. The van der Waals surface area contributed by atoms with E-state index in [4.69, 9.17) is 27.9 Å². The van der Waals surface area contributed by atoms with Crippen LogP contribution >= 0.6 is 34.5 Å². The van der Waals surface area contributed by atoms with E-state index >= 15 is 0 Å². The van der Waals surface area contributed by atoms with Crippen molar-refractivity contribution in [3.63, 3.8) is 0 Å². The normalized spacial score (nSPS) is 11.7. The highest BCUT2D eigenvalue weighted by atomic mass is 35.5. The van der Waals surface area contributed by atoms with Crippen molar-refractivity contribution in [2.45, 2.75) is 19.6 Å². The van der Waals surface area contributed by atoms with Crippen LogP contribution in [0.25, 0.3) is 10.2 Å². The number of hydrogen-bond acceptors (Lipinski definition) is 6. The van der Waals surface area contributed by atoms with E-state index in [2.05, 4.69) is 10.3 Å². The molecule has 1 N–H and O–H groups in total. The summed E-state index contributed by atoms with van der Waals surface area (Å²) in [6, 6.07) is 12.1. The molecule has 0 radical (unpaired) electrons. The summed E-state index contributed by atoms with van der Waals surface area (Å²) in [6.07, 6.45) is -1.01. The van der Waals surface area contributed by atoms with Crippen molar-refractivity contribution in [1.82, 2.24) is 15.2 Å². The van der Waals surface area contributed by atoms with E-state index in [0.29, 0.717) is 11.6 Å². The second kappa shape index (κ2) is 10.1. The molecule has 7 nitrogen and oxygen atoms in total. The van der Waals surface area contributed by atoms with Gasteiger partial charge in [-0.05, 0) is 37.3 Å². The van der Waals surface area contributed by atoms with Crippen LogP contribution in [0.5, 0.6) is 0 Å². The van der Waals surface area contributed by atoms with Crippen molar-refractivity contribution in [2.75, 3.05) is 13.6 Å². The van der Waals surface area contributed by atoms with Crippen LogP contribution in [-0.2, 0) is 20.9 Å². The van der Waals surface area contributed by atoms with Gasteiger partial charge in [0.1, 0.15) is 11.6 Å². The molecule has 1 heterocycles. The number of hydrogen-bond donors (Lipinski definition) is 1. The first-order valence-electron chi connectivity index (χ1n) is 9.26. The van der Waals surface area contributed by atoms with Crippen molar-refractivity contribution in [2.24, 2.45) is 0 Å². The molecule has 0 aliphatic heterocycles. The average Bonchev–Trinajstić information content (AvgIpc) is 3.15. The smallest absolute Gasteiger partial charge is 0.326 e. The summed E-state index contributed by atoms with van der Waals surface area (Å²) in [5.74, 6) is -1.62. The summed E-state index contributed by atoms with van der Waals surface area (Å²) in [7, 11) is 1.62. The molecular formula is C21H19Cl2N3O4S. The first-order chi connectivity index (χ1) is 14.7. The zero-order valence-corrected chi connectivity index (χ0v) is 19.1. The molecule has 0 saturated heterocycles. The van der Waals surface area contributed by atoms with Crippen molar-refractivity contribution >= 4 is 62.5 Å². The minimum absolute atomic E-state index is 0.229. The van der Waals surface area contributed by atoms with Crippen LogP contribution in [0.3, 0.4) is 0 Å². The number of rotatable bonds is 7. The van der Waals surface area contributed by atoms with Crippen LogP contribution in [0, 0.1) is 0 Å². The first kappa shape index (κ1) is 23.0. The average molecular weight is 480 g/mol. The number of benzene rings is 2. The van der Waals surface area contributed by atoms with Crippen LogP contribution in [0.1, 0.15) is 22.3 Å². The number of nitrogens with one attached hydrogen (secondary N) is 1. The van der Waals surface area contributed by atoms with Crippen LogP contribution in [0.4, 0.5) is 0 Å². The highest BCUT2D eigenvalue weighted by molar-refractivity contribution is 7.18. The third kappa shape index (κ3) is 5.94. The predicted octanol–water partition coefficient (Wildman–Crippen LogP) is 3.92. The Bertz CT molecular complexity index is 1100. The second-order valence-corrected chi connectivity index (χ2v) is 8.64. The molecule has 0 spiro atoms. The zero-order chi connectivity index (χ0) is 22.5. The van der Waals surface area contributed by atoms with Crippen molar-refractivity contribution in [3.8, 4) is 0 Å². The fraction of sp³-hybridized carbons (Fsp3) is 0.238. The van der Waals surface area contributed by atoms with Gasteiger partial charge in [0.05, 0.1) is 26.8 Å². The number of aromatic nitrogens is 1. The Labute approximate surface area is 192 Å². The van der Waals surface area contributed by atoms with Gasteiger partial charge in [-0.25, -0.2) is 4.98 Å². The van der Waals surface area contributed by atoms with E-state index in [1.165, 1.54) is 41.4 Å². The molecule has 0 fully saturated rings. The molecule has 3 aromatic rings. The summed E-state index contributed by atoms with van der Waals surface area (Å²) in [6.45, 7) is 1.39. The Morgan fingerprint density at radius 2 is 1.90 bits per heavy atom. The minimum Gasteiger partial charge on any atom is -0.451 e. The summed E-state index contributed by atoms with van der Waals surface area (Å²) in [4.78, 5) is 42.6. The Hall–Kier alpha value is -2.68. The number of fused-ring (bicyclic) bond motifs is 1. The van der Waals surface area contributed by atoms with Gasteiger partial charge < -0.3 is 15.0 Å². The summed E-state index contributed by atoms with van der Waals surface area (Å²) in [5, 5.41) is 3.76. The summed E-state index contributed by atoms with van der Waals surface area (Å²) >= 11 is 13.2. The van der Waals surface area contributed by atoms with Crippen molar-refractivity contribution < 1.29 is 19.1 Å². The lowest BCUT2D eigenvalue weighted by atomic mass is 10.2. The standard InChI is InChI=1S/C21H19Cl2N3O4S/c1-12(21(29)26(2)11-18-25-16-5-3-4-6-17(16)31-18)30-19(27)10-24-20(28)13-7-8-14(22)15(23)9-13/h3-9,12H,10-11H2,1-2H3,(H,24,28). The van der Waals surface area contributed by atoms with Gasteiger partial charge in [0, 0.05) is 12.6 Å². The minimum atomic E-state index is -1.01. The van der Waals surface area contributed by atoms with Gasteiger partial charge in [0.25, 0.3) is 11.8 Å². The van der Waals surface area contributed by atoms with Gasteiger partial charge in [0.2, 0.25) is 0 Å². The van der Waals surface area contributed by atoms with Gasteiger partial charge in [-0.15, -0.1) is 11.3 Å². The largest absolute Gasteiger partial charge is 0.451 e.